The van der Waals surface area contributed by atoms with Gasteiger partial charge in [-0.25, -0.2) is 0 Å². The maximum atomic E-state index is 5.46. The van der Waals surface area contributed by atoms with Gasteiger partial charge in [0.05, 0.1) is 13.2 Å². The molecule has 0 N–H and O–H groups in total. The minimum atomic E-state index is 0.454. The monoisotopic (exact) mass is 273 g/mol. The average Bonchev–Trinajstić information content (AvgIpc) is 2.83. The lowest BCUT2D eigenvalue weighted by Crippen LogP contribution is -2.38. The van der Waals surface area contributed by atoms with E-state index in [1.807, 2.05) is 0 Å². The molecule has 1 aliphatic rings. The lowest BCUT2D eigenvalue weighted by Gasteiger charge is -2.29. The molecule has 88 valence electrons. The van der Waals surface area contributed by atoms with E-state index in [9.17, 15) is 0 Å². The van der Waals surface area contributed by atoms with E-state index in [0.29, 0.717) is 5.25 Å². The van der Waals surface area contributed by atoms with E-state index in [1.165, 1.54) is 4.88 Å². The van der Waals surface area contributed by atoms with Crippen LogP contribution < -0.4 is 0 Å². The molecule has 16 heavy (non-hydrogen) atoms. The van der Waals surface area contributed by atoms with Gasteiger partial charge in [-0.05, 0) is 18.4 Å². The number of morpholine rings is 1. The molecule has 2 heterocycles. The van der Waals surface area contributed by atoms with Gasteiger partial charge in [0, 0.05) is 23.2 Å². The molecule has 1 aromatic rings. The Morgan fingerprint density at radius 1 is 1.56 bits per heavy atom. The van der Waals surface area contributed by atoms with E-state index in [-0.39, 0.29) is 0 Å². The summed E-state index contributed by atoms with van der Waals surface area (Å²) in [6.45, 7) is 5.68. The number of hydrogen-bond acceptors (Lipinski definition) is 4. The summed E-state index contributed by atoms with van der Waals surface area (Å²) in [7, 11) is 0. The molecular formula is C11H15NOS3. The molecule has 1 saturated heterocycles. The van der Waals surface area contributed by atoms with Crippen LogP contribution in [0.1, 0.15) is 17.1 Å². The van der Waals surface area contributed by atoms with E-state index in [4.69, 9.17) is 17.0 Å². The third-order valence-electron chi connectivity index (χ3n) is 2.49. The Balaban J connectivity index is 1.86. The average molecular weight is 273 g/mol. The summed E-state index contributed by atoms with van der Waals surface area (Å²) in [6, 6.07) is 4.26. The standard InChI is InChI=1S/C11H15NOS3/c1-9(10-3-2-8-15-10)16-11(14)12-4-6-13-7-5-12/h2-3,8-9H,4-7H2,1H3. The smallest absolute Gasteiger partial charge is 0.137 e. The maximum Gasteiger partial charge on any atom is 0.137 e. The van der Waals surface area contributed by atoms with Crippen LogP contribution in [0.2, 0.25) is 0 Å². The Labute approximate surface area is 110 Å². The predicted octanol–water partition coefficient (Wildman–Crippen LogP) is 3.16. The van der Waals surface area contributed by atoms with Gasteiger partial charge in [0.25, 0.3) is 0 Å². The van der Waals surface area contributed by atoms with Crippen LogP contribution in [0.25, 0.3) is 0 Å². The summed E-state index contributed by atoms with van der Waals surface area (Å²) < 4.78 is 6.32. The summed E-state index contributed by atoms with van der Waals surface area (Å²) in [5.41, 5.74) is 0. The highest BCUT2D eigenvalue weighted by Crippen LogP contribution is 2.33. The second kappa shape index (κ2) is 6.00. The lowest BCUT2D eigenvalue weighted by atomic mass is 10.4. The third-order valence-corrected chi connectivity index (χ3v) is 5.31. The molecule has 2 nitrogen and oxygen atoms in total. The molecule has 1 atom stereocenters. The summed E-state index contributed by atoms with van der Waals surface area (Å²) in [5.74, 6) is 0. The molecule has 1 unspecified atom stereocenters. The number of thioether (sulfide) groups is 1. The van der Waals surface area contributed by atoms with E-state index >= 15 is 0 Å². The van der Waals surface area contributed by atoms with Crippen molar-refractivity contribution in [3.05, 3.63) is 22.4 Å². The van der Waals surface area contributed by atoms with Gasteiger partial charge in [-0.15, -0.1) is 11.3 Å². The third kappa shape index (κ3) is 3.20. The first-order chi connectivity index (χ1) is 7.77. The SMILES string of the molecule is CC(SC(=S)N1CCOCC1)c1cccs1. The molecule has 1 aliphatic heterocycles. The Bertz CT molecular complexity index is 333. The molecule has 0 radical (unpaired) electrons. The zero-order chi connectivity index (χ0) is 11.4. The summed E-state index contributed by atoms with van der Waals surface area (Å²) in [4.78, 5) is 3.63. The van der Waals surface area contributed by atoms with Gasteiger partial charge in [-0.1, -0.05) is 30.0 Å². The van der Waals surface area contributed by atoms with E-state index in [2.05, 4.69) is 29.3 Å². The molecule has 1 fully saturated rings. The summed E-state index contributed by atoms with van der Waals surface area (Å²) in [5, 5.41) is 2.57. The summed E-state index contributed by atoms with van der Waals surface area (Å²) in [6.07, 6.45) is 0. The summed E-state index contributed by atoms with van der Waals surface area (Å²) >= 11 is 9.03. The number of nitrogens with zero attached hydrogens (tertiary/aromatic N) is 1. The molecule has 0 amide bonds. The van der Waals surface area contributed by atoms with Crippen molar-refractivity contribution in [1.29, 1.82) is 0 Å². The molecular weight excluding hydrogens is 258 g/mol. The Kier molecular flexibility index (Phi) is 4.64. The number of thiophene rings is 1. The van der Waals surface area contributed by atoms with Crippen LogP contribution in [-0.4, -0.2) is 35.5 Å². The highest BCUT2D eigenvalue weighted by molar-refractivity contribution is 8.23. The van der Waals surface area contributed by atoms with Crippen molar-refractivity contribution in [2.75, 3.05) is 26.3 Å². The zero-order valence-corrected chi connectivity index (χ0v) is 11.7. The van der Waals surface area contributed by atoms with Crippen molar-refractivity contribution in [3.8, 4) is 0 Å². The van der Waals surface area contributed by atoms with Crippen LogP contribution in [0.5, 0.6) is 0 Å². The van der Waals surface area contributed by atoms with Crippen LogP contribution in [-0.2, 0) is 4.74 Å². The molecule has 1 aromatic heterocycles. The largest absolute Gasteiger partial charge is 0.378 e. The number of ether oxygens (including phenoxy) is 1. The first-order valence-corrected chi connectivity index (χ1v) is 7.51. The normalized spacial score (nSPS) is 18.4. The predicted molar refractivity (Wildman–Crippen MR) is 75.3 cm³/mol. The molecule has 0 aromatic carbocycles. The van der Waals surface area contributed by atoms with Crippen molar-refractivity contribution >= 4 is 39.6 Å². The van der Waals surface area contributed by atoms with Crippen molar-refractivity contribution in [2.45, 2.75) is 12.2 Å². The lowest BCUT2D eigenvalue weighted by molar-refractivity contribution is 0.0702. The molecule has 0 saturated carbocycles. The second-order valence-corrected chi connectivity index (χ2v) is 6.59. The van der Waals surface area contributed by atoms with Gasteiger partial charge < -0.3 is 9.64 Å². The van der Waals surface area contributed by atoms with Crippen LogP contribution in [0, 0.1) is 0 Å². The Morgan fingerprint density at radius 2 is 2.31 bits per heavy atom. The van der Waals surface area contributed by atoms with Crippen LogP contribution in [0.3, 0.4) is 0 Å². The molecule has 2 rings (SSSR count). The fourth-order valence-corrected chi connectivity index (χ4v) is 3.97. The first-order valence-electron chi connectivity index (χ1n) is 5.34. The van der Waals surface area contributed by atoms with Crippen LogP contribution >= 0.6 is 35.3 Å². The number of hydrogen-bond donors (Lipinski definition) is 0. The number of thiocarbonyl (C=S) groups is 1. The van der Waals surface area contributed by atoms with E-state index in [1.54, 1.807) is 23.1 Å². The van der Waals surface area contributed by atoms with Gasteiger partial charge >= 0.3 is 0 Å². The quantitative estimate of drug-likeness (QED) is 0.767. The molecule has 0 spiro atoms. The zero-order valence-electron chi connectivity index (χ0n) is 9.22. The van der Waals surface area contributed by atoms with Gasteiger partial charge in [-0.3, -0.25) is 0 Å². The van der Waals surface area contributed by atoms with Crippen molar-refractivity contribution in [2.24, 2.45) is 0 Å². The fraction of sp³-hybridized carbons (Fsp3) is 0.545. The van der Waals surface area contributed by atoms with Gasteiger partial charge in [0.15, 0.2) is 0 Å². The van der Waals surface area contributed by atoms with Crippen molar-refractivity contribution in [3.63, 3.8) is 0 Å². The van der Waals surface area contributed by atoms with Gasteiger partial charge in [-0.2, -0.15) is 0 Å². The fourth-order valence-electron chi connectivity index (χ4n) is 1.55. The minimum Gasteiger partial charge on any atom is -0.378 e. The Morgan fingerprint density at radius 3 is 2.94 bits per heavy atom. The van der Waals surface area contributed by atoms with Crippen LogP contribution in [0.15, 0.2) is 17.5 Å². The second-order valence-electron chi connectivity index (χ2n) is 3.64. The van der Waals surface area contributed by atoms with E-state index in [0.717, 1.165) is 30.6 Å². The molecule has 5 heteroatoms. The molecule has 0 aliphatic carbocycles. The van der Waals surface area contributed by atoms with E-state index < -0.39 is 0 Å². The Hall–Kier alpha value is -0.100. The topological polar surface area (TPSA) is 12.5 Å². The van der Waals surface area contributed by atoms with Gasteiger partial charge in [0.1, 0.15) is 4.32 Å². The first kappa shape index (κ1) is 12.4. The maximum absolute atomic E-state index is 5.46. The number of rotatable bonds is 2. The minimum absolute atomic E-state index is 0.454. The van der Waals surface area contributed by atoms with Crippen molar-refractivity contribution in [1.82, 2.24) is 4.90 Å². The van der Waals surface area contributed by atoms with Crippen LogP contribution in [0.4, 0.5) is 0 Å². The molecule has 0 bridgehead atoms. The highest BCUT2D eigenvalue weighted by atomic mass is 32.2. The van der Waals surface area contributed by atoms with Gasteiger partial charge in [0.2, 0.25) is 0 Å². The van der Waals surface area contributed by atoms with Crippen molar-refractivity contribution < 1.29 is 4.74 Å². The highest BCUT2D eigenvalue weighted by Gasteiger charge is 2.17.